The number of nitrogens with zero attached hydrogens (tertiary/aromatic N) is 1. The van der Waals surface area contributed by atoms with Gasteiger partial charge in [-0.25, -0.2) is 9.78 Å². The molecule has 0 saturated heterocycles. The number of carbonyl (C=O) groups is 1. The quantitative estimate of drug-likeness (QED) is 0.589. The molecule has 1 heterocycles. The molecule has 0 spiro atoms. The normalized spacial score (nSPS) is 11.1. The first-order valence-electron chi connectivity index (χ1n) is 8.72. The van der Waals surface area contributed by atoms with E-state index in [1.807, 2.05) is 57.2 Å². The Morgan fingerprint density at radius 2 is 1.89 bits per heavy atom. The molecule has 0 aliphatic rings. The van der Waals surface area contributed by atoms with E-state index in [2.05, 4.69) is 33.8 Å². The number of anilines is 2. The fraction of sp³-hybridized carbons (Fsp3) is 0.238. The molecule has 2 aromatic carbocycles. The molecule has 3 aromatic rings. The molecule has 0 bridgehead atoms. The van der Waals surface area contributed by atoms with Gasteiger partial charge in [-0.05, 0) is 44.0 Å². The molecule has 3 rings (SSSR count). The Morgan fingerprint density at radius 3 is 2.63 bits per heavy atom. The van der Waals surface area contributed by atoms with Crippen LogP contribution >= 0.6 is 11.3 Å². The summed E-state index contributed by atoms with van der Waals surface area (Å²) in [4.78, 5) is 17.2. The van der Waals surface area contributed by atoms with Gasteiger partial charge in [-0.3, -0.25) is 5.32 Å². The van der Waals surface area contributed by atoms with Gasteiger partial charge in [0.15, 0.2) is 5.82 Å². The van der Waals surface area contributed by atoms with Gasteiger partial charge in [-0.1, -0.05) is 42.5 Å². The van der Waals surface area contributed by atoms with E-state index in [1.54, 1.807) is 5.51 Å². The van der Waals surface area contributed by atoms with E-state index < -0.39 is 11.7 Å². The Morgan fingerprint density at radius 1 is 1.11 bits per heavy atom. The number of carbonyl (C=O) groups excluding carboxylic acids is 1. The number of nitrogens with one attached hydrogen (secondary N) is 2. The number of rotatable bonds is 5. The minimum Gasteiger partial charge on any atom is -0.444 e. The van der Waals surface area contributed by atoms with Crippen molar-refractivity contribution < 1.29 is 9.53 Å². The summed E-state index contributed by atoms with van der Waals surface area (Å²) < 4.78 is 5.32. The Labute approximate surface area is 163 Å². The van der Waals surface area contributed by atoms with Gasteiger partial charge in [0, 0.05) is 12.2 Å². The topological polar surface area (TPSA) is 63.2 Å². The maximum absolute atomic E-state index is 12.1. The van der Waals surface area contributed by atoms with Crippen molar-refractivity contribution in [2.75, 3.05) is 10.6 Å². The standard InChI is InChI=1S/C21H23N3O2S/c1-21(2,3)26-20(25)24-19-18(27-14-23-19)16-10-7-11-17(12-16)22-13-15-8-5-4-6-9-15/h4-12,14,22H,13H2,1-3H3,(H,24,25). The van der Waals surface area contributed by atoms with Crippen molar-refractivity contribution in [1.82, 2.24) is 4.98 Å². The van der Waals surface area contributed by atoms with Crippen LogP contribution < -0.4 is 10.6 Å². The van der Waals surface area contributed by atoms with Gasteiger partial charge in [0.25, 0.3) is 0 Å². The smallest absolute Gasteiger partial charge is 0.413 e. The number of amides is 1. The van der Waals surface area contributed by atoms with E-state index >= 15 is 0 Å². The van der Waals surface area contributed by atoms with Gasteiger partial charge in [0.1, 0.15) is 5.60 Å². The summed E-state index contributed by atoms with van der Waals surface area (Å²) in [7, 11) is 0. The second kappa shape index (κ2) is 8.22. The molecule has 0 aliphatic carbocycles. The highest BCUT2D eigenvalue weighted by atomic mass is 32.1. The number of hydrogen-bond donors (Lipinski definition) is 2. The van der Waals surface area contributed by atoms with E-state index in [0.29, 0.717) is 5.82 Å². The van der Waals surface area contributed by atoms with E-state index in [0.717, 1.165) is 22.7 Å². The SMILES string of the molecule is CC(C)(C)OC(=O)Nc1ncsc1-c1cccc(NCc2ccccc2)c1. The maximum Gasteiger partial charge on any atom is 0.413 e. The predicted octanol–water partition coefficient (Wildman–Crippen LogP) is 5.77. The summed E-state index contributed by atoms with van der Waals surface area (Å²) >= 11 is 1.48. The number of thiazole rings is 1. The molecule has 6 heteroatoms. The number of aromatic nitrogens is 1. The second-order valence-corrected chi connectivity index (χ2v) is 7.93. The summed E-state index contributed by atoms with van der Waals surface area (Å²) in [6, 6.07) is 18.3. The zero-order valence-electron chi connectivity index (χ0n) is 15.7. The van der Waals surface area contributed by atoms with Crippen molar-refractivity contribution in [3.63, 3.8) is 0 Å². The maximum atomic E-state index is 12.1. The Kier molecular flexibility index (Phi) is 5.76. The van der Waals surface area contributed by atoms with E-state index in [-0.39, 0.29) is 0 Å². The molecule has 0 fully saturated rings. The third-order valence-corrected chi connectivity index (χ3v) is 4.53. The lowest BCUT2D eigenvalue weighted by Crippen LogP contribution is -2.27. The van der Waals surface area contributed by atoms with E-state index in [9.17, 15) is 4.79 Å². The molecule has 2 N–H and O–H groups in total. The zero-order valence-corrected chi connectivity index (χ0v) is 16.5. The number of hydrogen-bond acceptors (Lipinski definition) is 5. The highest BCUT2D eigenvalue weighted by Gasteiger charge is 2.19. The molecular weight excluding hydrogens is 358 g/mol. The summed E-state index contributed by atoms with van der Waals surface area (Å²) in [6.45, 7) is 6.24. The molecule has 0 radical (unpaired) electrons. The summed E-state index contributed by atoms with van der Waals surface area (Å²) in [5, 5.41) is 6.17. The number of ether oxygens (including phenoxy) is 1. The highest BCUT2D eigenvalue weighted by molar-refractivity contribution is 7.13. The molecular formula is C21H23N3O2S. The third kappa shape index (κ3) is 5.56. The van der Waals surface area contributed by atoms with Crippen LogP contribution in [-0.4, -0.2) is 16.7 Å². The molecule has 0 saturated carbocycles. The van der Waals surface area contributed by atoms with Crippen LogP contribution in [0.2, 0.25) is 0 Å². The van der Waals surface area contributed by atoms with Crippen molar-refractivity contribution in [2.45, 2.75) is 32.9 Å². The first kappa shape index (κ1) is 18.9. The van der Waals surface area contributed by atoms with Crippen molar-refractivity contribution in [3.05, 3.63) is 65.7 Å². The summed E-state index contributed by atoms with van der Waals surface area (Å²) in [6.07, 6.45) is -0.506. The Balaban J connectivity index is 1.72. The molecule has 140 valence electrons. The lowest BCUT2D eigenvalue weighted by molar-refractivity contribution is 0.0635. The lowest BCUT2D eigenvalue weighted by atomic mass is 10.1. The van der Waals surface area contributed by atoms with Crippen LogP contribution in [0.1, 0.15) is 26.3 Å². The van der Waals surface area contributed by atoms with Gasteiger partial charge in [0.05, 0.1) is 10.4 Å². The summed E-state index contributed by atoms with van der Waals surface area (Å²) in [5.74, 6) is 0.509. The first-order valence-corrected chi connectivity index (χ1v) is 9.60. The fourth-order valence-corrected chi connectivity index (χ4v) is 3.25. The van der Waals surface area contributed by atoms with Crippen LogP contribution in [0.15, 0.2) is 60.1 Å². The van der Waals surface area contributed by atoms with Gasteiger partial charge in [-0.2, -0.15) is 0 Å². The average Bonchev–Trinajstić information content (AvgIpc) is 3.07. The van der Waals surface area contributed by atoms with Crippen LogP contribution in [0, 0.1) is 0 Å². The molecule has 0 unspecified atom stereocenters. The minimum atomic E-state index is -0.554. The van der Waals surface area contributed by atoms with Crippen molar-refractivity contribution in [1.29, 1.82) is 0 Å². The molecule has 0 atom stereocenters. The molecule has 1 aromatic heterocycles. The molecule has 1 amide bonds. The predicted molar refractivity (Wildman–Crippen MR) is 111 cm³/mol. The van der Waals surface area contributed by atoms with E-state index in [4.69, 9.17) is 4.74 Å². The molecule has 0 aliphatic heterocycles. The summed E-state index contributed by atoms with van der Waals surface area (Å²) in [5.41, 5.74) is 4.37. The van der Waals surface area contributed by atoms with Gasteiger partial charge >= 0.3 is 6.09 Å². The van der Waals surface area contributed by atoms with Crippen molar-refractivity contribution in [2.24, 2.45) is 0 Å². The fourth-order valence-electron chi connectivity index (χ4n) is 2.51. The van der Waals surface area contributed by atoms with Crippen molar-refractivity contribution >= 4 is 28.9 Å². The first-order chi connectivity index (χ1) is 12.9. The second-order valence-electron chi connectivity index (χ2n) is 7.08. The van der Waals surface area contributed by atoms with Crippen LogP contribution in [-0.2, 0) is 11.3 Å². The molecule has 5 nitrogen and oxygen atoms in total. The van der Waals surface area contributed by atoms with Gasteiger partial charge < -0.3 is 10.1 Å². The van der Waals surface area contributed by atoms with Gasteiger partial charge in [-0.15, -0.1) is 11.3 Å². The van der Waals surface area contributed by atoms with E-state index in [1.165, 1.54) is 16.9 Å². The number of benzene rings is 2. The largest absolute Gasteiger partial charge is 0.444 e. The van der Waals surface area contributed by atoms with Crippen molar-refractivity contribution in [3.8, 4) is 10.4 Å². The minimum absolute atomic E-state index is 0.506. The Bertz CT molecular complexity index is 901. The van der Waals surface area contributed by atoms with Crippen LogP contribution in [0.3, 0.4) is 0 Å². The zero-order chi connectivity index (χ0) is 19.3. The Hall–Kier alpha value is -2.86. The molecule has 27 heavy (non-hydrogen) atoms. The van der Waals surface area contributed by atoms with Crippen LogP contribution in [0.25, 0.3) is 10.4 Å². The third-order valence-electron chi connectivity index (χ3n) is 3.65. The van der Waals surface area contributed by atoms with Crippen LogP contribution in [0.4, 0.5) is 16.3 Å². The highest BCUT2D eigenvalue weighted by Crippen LogP contribution is 2.33. The van der Waals surface area contributed by atoms with Gasteiger partial charge in [0.2, 0.25) is 0 Å². The average molecular weight is 382 g/mol. The monoisotopic (exact) mass is 381 g/mol. The van der Waals surface area contributed by atoms with Crippen LogP contribution in [0.5, 0.6) is 0 Å². The lowest BCUT2D eigenvalue weighted by Gasteiger charge is -2.19.